The van der Waals surface area contributed by atoms with Crippen LogP contribution in [0.2, 0.25) is 0 Å². The predicted molar refractivity (Wildman–Crippen MR) is 63.6 cm³/mol. The molecule has 16 heavy (non-hydrogen) atoms. The number of Topliss-reactive ketones (excluding diaryl/α,β-unsaturated/α-hetero) is 1. The molecule has 1 aromatic rings. The Morgan fingerprint density at radius 3 is 2.31 bits per heavy atom. The highest BCUT2D eigenvalue weighted by Crippen LogP contribution is 2.08. The van der Waals surface area contributed by atoms with Crippen LogP contribution in [0.5, 0.6) is 0 Å². The lowest BCUT2D eigenvalue weighted by Crippen LogP contribution is -2.29. The lowest BCUT2D eigenvalue weighted by Gasteiger charge is -2.04. The number of carbonyl (C=O) groups is 2. The molecule has 86 valence electrons. The van der Waals surface area contributed by atoms with E-state index in [4.69, 9.17) is 0 Å². The molecule has 0 bridgehead atoms. The second-order valence-corrected chi connectivity index (χ2v) is 3.40. The molecular formula is C12H16N2O2. The summed E-state index contributed by atoms with van der Waals surface area (Å²) in [5.41, 5.74) is 1.50. The number of nitrogens with one attached hydrogen (secondary N) is 2. The number of carbonyl (C=O) groups excluding carboxylic acids is 2. The number of hydrogen-bond acceptors (Lipinski definition) is 3. The number of rotatable bonds is 5. The molecule has 1 amide bonds. The predicted octanol–water partition coefficient (Wildman–Crippen LogP) is 1.44. The van der Waals surface area contributed by atoms with Crippen LogP contribution in [-0.4, -0.2) is 25.3 Å². The van der Waals surface area contributed by atoms with E-state index in [-0.39, 0.29) is 18.2 Å². The largest absolute Gasteiger partial charge is 0.388 e. The van der Waals surface area contributed by atoms with E-state index in [0.29, 0.717) is 12.0 Å². The number of ketones is 1. The summed E-state index contributed by atoms with van der Waals surface area (Å²) in [5, 5.41) is 5.54. The molecule has 1 aromatic carbocycles. The van der Waals surface area contributed by atoms with E-state index in [1.54, 1.807) is 19.1 Å². The summed E-state index contributed by atoms with van der Waals surface area (Å²) in [7, 11) is 1.81. The fourth-order valence-corrected chi connectivity index (χ4v) is 1.19. The standard InChI is InChI=1S/C12H16N2O2/c1-3-11(15)8-14-12(16)9-4-6-10(13-2)7-5-9/h4-7,13H,3,8H2,1-2H3,(H,14,16). The summed E-state index contributed by atoms with van der Waals surface area (Å²) in [6.07, 6.45) is 0.443. The average molecular weight is 220 g/mol. The minimum absolute atomic E-state index is 0.0280. The molecule has 1 rings (SSSR count). The van der Waals surface area contributed by atoms with Crippen molar-refractivity contribution in [3.8, 4) is 0 Å². The summed E-state index contributed by atoms with van der Waals surface area (Å²) < 4.78 is 0. The first-order valence-electron chi connectivity index (χ1n) is 5.25. The number of hydrogen-bond donors (Lipinski definition) is 2. The lowest BCUT2D eigenvalue weighted by molar-refractivity contribution is -0.117. The summed E-state index contributed by atoms with van der Waals surface area (Å²) in [6, 6.07) is 7.07. The average Bonchev–Trinajstić information content (AvgIpc) is 2.35. The Bertz CT molecular complexity index is 371. The molecular weight excluding hydrogens is 204 g/mol. The van der Waals surface area contributed by atoms with E-state index in [9.17, 15) is 9.59 Å². The third kappa shape index (κ3) is 3.38. The monoisotopic (exact) mass is 220 g/mol. The SMILES string of the molecule is CCC(=O)CNC(=O)c1ccc(NC)cc1. The Hall–Kier alpha value is -1.84. The molecule has 0 aliphatic heterocycles. The molecule has 0 atom stereocenters. The maximum atomic E-state index is 11.6. The minimum Gasteiger partial charge on any atom is -0.388 e. The van der Waals surface area contributed by atoms with Gasteiger partial charge < -0.3 is 10.6 Å². The van der Waals surface area contributed by atoms with Crippen LogP contribution in [-0.2, 0) is 4.79 Å². The molecule has 0 saturated heterocycles. The van der Waals surface area contributed by atoms with E-state index in [0.717, 1.165) is 5.69 Å². The normalized spacial score (nSPS) is 9.62. The highest BCUT2D eigenvalue weighted by atomic mass is 16.2. The third-order valence-corrected chi connectivity index (χ3v) is 2.28. The van der Waals surface area contributed by atoms with Crippen molar-refractivity contribution in [1.29, 1.82) is 0 Å². The van der Waals surface area contributed by atoms with Gasteiger partial charge in [-0.3, -0.25) is 9.59 Å². The molecule has 0 aliphatic carbocycles. The van der Waals surface area contributed by atoms with Crippen molar-refractivity contribution < 1.29 is 9.59 Å². The first kappa shape index (κ1) is 12.2. The second kappa shape index (κ2) is 5.90. The molecule has 0 fully saturated rings. The van der Waals surface area contributed by atoms with E-state index >= 15 is 0 Å². The van der Waals surface area contributed by atoms with Crippen LogP contribution in [0.3, 0.4) is 0 Å². The van der Waals surface area contributed by atoms with Gasteiger partial charge in [0.05, 0.1) is 6.54 Å². The molecule has 2 N–H and O–H groups in total. The van der Waals surface area contributed by atoms with Gasteiger partial charge in [0.15, 0.2) is 5.78 Å². The number of amides is 1. The van der Waals surface area contributed by atoms with Gasteiger partial charge >= 0.3 is 0 Å². The van der Waals surface area contributed by atoms with Gasteiger partial charge in [-0.15, -0.1) is 0 Å². The Morgan fingerprint density at radius 2 is 1.81 bits per heavy atom. The maximum absolute atomic E-state index is 11.6. The van der Waals surface area contributed by atoms with Crippen molar-refractivity contribution in [2.75, 3.05) is 18.9 Å². The summed E-state index contributed by atoms with van der Waals surface area (Å²) in [5.74, 6) is -0.190. The molecule has 0 heterocycles. The zero-order valence-electron chi connectivity index (χ0n) is 9.54. The highest BCUT2D eigenvalue weighted by Gasteiger charge is 2.06. The van der Waals surface area contributed by atoms with Crippen LogP contribution in [0.15, 0.2) is 24.3 Å². The van der Waals surface area contributed by atoms with E-state index in [1.165, 1.54) is 0 Å². The molecule has 0 aliphatic rings. The van der Waals surface area contributed by atoms with Crippen LogP contribution >= 0.6 is 0 Å². The number of anilines is 1. The Morgan fingerprint density at radius 1 is 1.19 bits per heavy atom. The molecule has 0 spiro atoms. The third-order valence-electron chi connectivity index (χ3n) is 2.28. The molecule has 0 unspecified atom stereocenters. The second-order valence-electron chi connectivity index (χ2n) is 3.40. The van der Waals surface area contributed by atoms with E-state index in [2.05, 4.69) is 10.6 Å². The highest BCUT2D eigenvalue weighted by molar-refractivity contribution is 5.96. The van der Waals surface area contributed by atoms with Gasteiger partial charge in [0.2, 0.25) is 0 Å². The minimum atomic E-state index is -0.218. The summed E-state index contributed by atoms with van der Waals surface area (Å²) in [4.78, 5) is 22.6. The molecule has 0 saturated carbocycles. The van der Waals surface area contributed by atoms with Crippen molar-refractivity contribution >= 4 is 17.4 Å². The Labute approximate surface area is 95.0 Å². The quantitative estimate of drug-likeness (QED) is 0.789. The first-order chi connectivity index (χ1) is 7.67. The fourth-order valence-electron chi connectivity index (χ4n) is 1.19. The van der Waals surface area contributed by atoms with Gasteiger partial charge in [-0.05, 0) is 24.3 Å². The Balaban J connectivity index is 2.56. The van der Waals surface area contributed by atoms with Crippen LogP contribution in [0.4, 0.5) is 5.69 Å². The van der Waals surface area contributed by atoms with Crippen LogP contribution in [0.1, 0.15) is 23.7 Å². The first-order valence-corrected chi connectivity index (χ1v) is 5.25. The van der Waals surface area contributed by atoms with Crippen molar-refractivity contribution in [2.24, 2.45) is 0 Å². The van der Waals surface area contributed by atoms with Crippen molar-refractivity contribution in [2.45, 2.75) is 13.3 Å². The van der Waals surface area contributed by atoms with Crippen LogP contribution in [0.25, 0.3) is 0 Å². The van der Waals surface area contributed by atoms with Gasteiger partial charge in [0, 0.05) is 24.7 Å². The van der Waals surface area contributed by atoms with Gasteiger partial charge in [-0.1, -0.05) is 6.92 Å². The van der Waals surface area contributed by atoms with Crippen LogP contribution < -0.4 is 10.6 Å². The fraction of sp³-hybridized carbons (Fsp3) is 0.333. The number of benzene rings is 1. The molecule has 0 aromatic heterocycles. The summed E-state index contributed by atoms with van der Waals surface area (Å²) in [6.45, 7) is 1.87. The van der Waals surface area contributed by atoms with Gasteiger partial charge in [0.25, 0.3) is 5.91 Å². The van der Waals surface area contributed by atoms with Crippen molar-refractivity contribution in [1.82, 2.24) is 5.32 Å². The molecule has 4 heteroatoms. The molecule has 0 radical (unpaired) electrons. The van der Waals surface area contributed by atoms with E-state index in [1.807, 2.05) is 19.2 Å². The van der Waals surface area contributed by atoms with Gasteiger partial charge in [-0.25, -0.2) is 0 Å². The van der Waals surface area contributed by atoms with Gasteiger partial charge in [0.1, 0.15) is 0 Å². The van der Waals surface area contributed by atoms with Gasteiger partial charge in [-0.2, -0.15) is 0 Å². The van der Waals surface area contributed by atoms with E-state index < -0.39 is 0 Å². The van der Waals surface area contributed by atoms with Crippen molar-refractivity contribution in [3.63, 3.8) is 0 Å². The maximum Gasteiger partial charge on any atom is 0.251 e. The summed E-state index contributed by atoms with van der Waals surface area (Å²) >= 11 is 0. The zero-order valence-corrected chi connectivity index (χ0v) is 9.54. The lowest BCUT2D eigenvalue weighted by atomic mass is 10.2. The van der Waals surface area contributed by atoms with Crippen molar-refractivity contribution in [3.05, 3.63) is 29.8 Å². The van der Waals surface area contributed by atoms with Crippen LogP contribution in [0, 0.1) is 0 Å². The smallest absolute Gasteiger partial charge is 0.251 e. The zero-order chi connectivity index (χ0) is 12.0. The molecule has 4 nitrogen and oxygen atoms in total. The topological polar surface area (TPSA) is 58.2 Å². The Kier molecular flexibility index (Phi) is 4.51.